The zero-order chi connectivity index (χ0) is 12.5. The fourth-order valence-corrected chi connectivity index (χ4v) is 1.93. The maximum absolute atomic E-state index is 12.4. The number of rotatable bonds is 2. The molecule has 1 aromatic heterocycles. The summed E-state index contributed by atoms with van der Waals surface area (Å²) < 4.78 is 42.4. The van der Waals surface area contributed by atoms with E-state index in [0.717, 1.165) is 23.5 Å². The number of thiazole rings is 1. The van der Waals surface area contributed by atoms with Crippen LogP contribution in [-0.4, -0.2) is 4.98 Å². The molecule has 2 rings (SSSR count). The maximum Gasteiger partial charge on any atom is 0.416 e. The van der Waals surface area contributed by atoms with Gasteiger partial charge in [0.2, 0.25) is 0 Å². The highest BCUT2D eigenvalue weighted by Crippen LogP contribution is 2.33. The molecule has 2 nitrogen and oxygen atoms in total. The first-order valence-electron chi connectivity index (χ1n) is 4.41. The number of hydrogen-bond acceptors (Lipinski definition) is 3. The molecule has 0 fully saturated rings. The van der Waals surface area contributed by atoms with Crippen LogP contribution in [0.1, 0.15) is 5.56 Å². The monoisotopic (exact) mass is 279 g/mol. The Morgan fingerprint density at radius 3 is 2.65 bits per heavy atom. The number of halogens is 4. The molecule has 0 N–H and O–H groups in total. The van der Waals surface area contributed by atoms with E-state index in [9.17, 15) is 13.2 Å². The fraction of sp³-hybridized carbons (Fsp3) is 0.100. The van der Waals surface area contributed by atoms with Gasteiger partial charge in [0, 0.05) is 5.38 Å². The lowest BCUT2D eigenvalue weighted by molar-refractivity contribution is -0.137. The Hall–Kier alpha value is -1.27. The highest BCUT2D eigenvalue weighted by atomic mass is 35.5. The van der Waals surface area contributed by atoms with Gasteiger partial charge in [-0.15, -0.1) is 0 Å². The van der Waals surface area contributed by atoms with Gasteiger partial charge in [0.1, 0.15) is 10.9 Å². The fourth-order valence-electron chi connectivity index (χ4n) is 1.12. The van der Waals surface area contributed by atoms with Crippen LogP contribution < -0.4 is 4.74 Å². The van der Waals surface area contributed by atoms with Gasteiger partial charge in [0.05, 0.1) is 5.56 Å². The Labute approximate surface area is 104 Å². The smallest absolute Gasteiger partial charge is 0.416 e. The molecule has 0 amide bonds. The summed E-state index contributed by atoms with van der Waals surface area (Å²) in [5.41, 5.74) is -0.766. The van der Waals surface area contributed by atoms with Crippen LogP contribution in [0.25, 0.3) is 0 Å². The van der Waals surface area contributed by atoms with Crippen LogP contribution in [0.2, 0.25) is 5.15 Å². The molecule has 7 heteroatoms. The van der Waals surface area contributed by atoms with Gasteiger partial charge in [0.15, 0.2) is 0 Å². The molecule has 17 heavy (non-hydrogen) atoms. The van der Waals surface area contributed by atoms with Crippen molar-refractivity contribution in [1.29, 1.82) is 0 Å². The summed E-state index contributed by atoms with van der Waals surface area (Å²) in [5, 5.41) is 1.98. The third-order valence-electron chi connectivity index (χ3n) is 1.82. The van der Waals surface area contributed by atoms with Gasteiger partial charge in [-0.3, -0.25) is 0 Å². The molecule has 0 aliphatic rings. The summed E-state index contributed by atoms with van der Waals surface area (Å²) in [6, 6.07) is 4.58. The minimum absolute atomic E-state index is 0.0749. The van der Waals surface area contributed by atoms with E-state index in [1.807, 2.05) is 0 Å². The van der Waals surface area contributed by atoms with Crippen molar-refractivity contribution < 1.29 is 17.9 Å². The molecule has 1 aromatic carbocycles. The maximum atomic E-state index is 12.4. The Bertz CT molecular complexity index is 526. The van der Waals surface area contributed by atoms with Gasteiger partial charge >= 0.3 is 6.18 Å². The molecule has 0 aliphatic heterocycles. The van der Waals surface area contributed by atoms with Gasteiger partial charge < -0.3 is 4.74 Å². The molecule has 1 heterocycles. The van der Waals surface area contributed by atoms with E-state index in [2.05, 4.69) is 4.98 Å². The van der Waals surface area contributed by atoms with E-state index >= 15 is 0 Å². The predicted octanol–water partition coefficient (Wildman–Crippen LogP) is 4.61. The Kier molecular flexibility index (Phi) is 3.26. The number of ether oxygens (including phenoxy) is 1. The Balaban J connectivity index is 2.22. The topological polar surface area (TPSA) is 22.1 Å². The third kappa shape index (κ3) is 3.10. The first-order chi connectivity index (χ1) is 7.95. The van der Waals surface area contributed by atoms with Crippen LogP contribution in [0, 0.1) is 0 Å². The summed E-state index contributed by atoms with van der Waals surface area (Å²) in [6.45, 7) is 0. The summed E-state index contributed by atoms with van der Waals surface area (Å²) >= 11 is 6.68. The van der Waals surface area contributed by atoms with Crippen molar-refractivity contribution in [2.45, 2.75) is 6.18 Å². The molecule has 0 saturated heterocycles. The van der Waals surface area contributed by atoms with E-state index in [-0.39, 0.29) is 16.1 Å². The minimum Gasteiger partial charge on any atom is -0.431 e. The quantitative estimate of drug-likeness (QED) is 0.801. The molecule has 0 unspecified atom stereocenters. The molecule has 0 spiro atoms. The van der Waals surface area contributed by atoms with Crippen molar-refractivity contribution in [1.82, 2.24) is 4.98 Å². The second-order valence-electron chi connectivity index (χ2n) is 3.06. The Morgan fingerprint density at radius 2 is 2.06 bits per heavy atom. The van der Waals surface area contributed by atoms with E-state index in [0.29, 0.717) is 0 Å². The normalized spacial score (nSPS) is 11.5. The van der Waals surface area contributed by atoms with Gasteiger partial charge in [-0.25, -0.2) is 0 Å². The lowest BCUT2D eigenvalue weighted by Crippen LogP contribution is -2.04. The van der Waals surface area contributed by atoms with Gasteiger partial charge in [0.25, 0.3) is 5.19 Å². The highest BCUT2D eigenvalue weighted by molar-refractivity contribution is 7.11. The summed E-state index contributed by atoms with van der Waals surface area (Å²) in [5.74, 6) is 0.0749. The van der Waals surface area contributed by atoms with E-state index in [1.165, 1.54) is 17.5 Å². The van der Waals surface area contributed by atoms with Crippen LogP contribution in [-0.2, 0) is 6.18 Å². The van der Waals surface area contributed by atoms with Crippen LogP contribution in [0.5, 0.6) is 10.9 Å². The van der Waals surface area contributed by atoms with E-state index < -0.39 is 11.7 Å². The molecule has 0 aliphatic carbocycles. The van der Waals surface area contributed by atoms with Crippen LogP contribution in [0.4, 0.5) is 13.2 Å². The van der Waals surface area contributed by atoms with Crippen molar-refractivity contribution in [3.63, 3.8) is 0 Å². The van der Waals surface area contributed by atoms with Gasteiger partial charge in [-0.05, 0) is 18.2 Å². The van der Waals surface area contributed by atoms with Crippen LogP contribution in [0.15, 0.2) is 29.6 Å². The van der Waals surface area contributed by atoms with Crippen molar-refractivity contribution in [2.24, 2.45) is 0 Å². The second kappa shape index (κ2) is 4.54. The lowest BCUT2D eigenvalue weighted by Gasteiger charge is -2.08. The van der Waals surface area contributed by atoms with Gasteiger partial charge in [-0.2, -0.15) is 18.2 Å². The minimum atomic E-state index is -4.39. The average molecular weight is 280 g/mol. The number of aromatic nitrogens is 1. The van der Waals surface area contributed by atoms with Crippen molar-refractivity contribution >= 4 is 22.9 Å². The van der Waals surface area contributed by atoms with Gasteiger partial charge in [-0.1, -0.05) is 29.0 Å². The first kappa shape index (κ1) is 12.2. The molecule has 0 radical (unpaired) electrons. The SMILES string of the molecule is FC(F)(F)c1cccc(Oc2nc(Cl)cs2)c1. The molecule has 2 aromatic rings. The Morgan fingerprint density at radius 1 is 1.29 bits per heavy atom. The van der Waals surface area contributed by atoms with E-state index in [1.54, 1.807) is 0 Å². The van der Waals surface area contributed by atoms with Crippen molar-refractivity contribution in [3.8, 4) is 10.9 Å². The summed E-state index contributed by atoms with van der Waals surface area (Å²) in [7, 11) is 0. The zero-order valence-electron chi connectivity index (χ0n) is 8.16. The molecular weight excluding hydrogens is 275 g/mol. The third-order valence-corrected chi connectivity index (χ3v) is 2.86. The highest BCUT2D eigenvalue weighted by Gasteiger charge is 2.30. The van der Waals surface area contributed by atoms with Crippen LogP contribution >= 0.6 is 22.9 Å². The molecule has 90 valence electrons. The zero-order valence-corrected chi connectivity index (χ0v) is 9.73. The number of nitrogens with zero attached hydrogens (tertiary/aromatic N) is 1. The summed E-state index contributed by atoms with van der Waals surface area (Å²) in [4.78, 5) is 3.78. The second-order valence-corrected chi connectivity index (χ2v) is 4.27. The van der Waals surface area contributed by atoms with E-state index in [4.69, 9.17) is 16.3 Å². The predicted molar refractivity (Wildman–Crippen MR) is 58.6 cm³/mol. The average Bonchev–Trinajstić information content (AvgIpc) is 2.63. The molecular formula is C10H5ClF3NOS. The molecule has 0 saturated carbocycles. The molecule has 0 atom stereocenters. The summed E-state index contributed by atoms with van der Waals surface area (Å²) in [6.07, 6.45) is -4.39. The first-order valence-corrected chi connectivity index (χ1v) is 5.67. The van der Waals surface area contributed by atoms with Crippen LogP contribution in [0.3, 0.4) is 0 Å². The number of benzene rings is 1. The standard InChI is InChI=1S/C10H5ClF3NOS/c11-8-5-17-9(15-8)16-7-3-1-2-6(4-7)10(12,13)14/h1-5H. The molecule has 0 bridgehead atoms. The lowest BCUT2D eigenvalue weighted by atomic mass is 10.2. The number of alkyl halides is 3. The van der Waals surface area contributed by atoms with Crippen molar-refractivity contribution in [3.05, 3.63) is 40.4 Å². The largest absolute Gasteiger partial charge is 0.431 e. The van der Waals surface area contributed by atoms with Crippen molar-refractivity contribution in [2.75, 3.05) is 0 Å². The number of hydrogen-bond donors (Lipinski definition) is 0.